The summed E-state index contributed by atoms with van der Waals surface area (Å²) in [6, 6.07) is 4.39. The van der Waals surface area contributed by atoms with Gasteiger partial charge in [0.2, 0.25) is 0 Å². The predicted molar refractivity (Wildman–Crippen MR) is 93.6 cm³/mol. The molecule has 2 aliphatic heterocycles. The molecule has 6 nitrogen and oxygen atoms in total. The predicted octanol–water partition coefficient (Wildman–Crippen LogP) is 1.62. The molecule has 0 aromatic carbocycles. The molecular weight excluding hydrogens is 316 g/mol. The van der Waals surface area contributed by atoms with Crippen LogP contribution < -0.4 is 5.32 Å². The highest BCUT2D eigenvalue weighted by molar-refractivity contribution is 6.00. The second kappa shape index (κ2) is 5.81. The Morgan fingerprint density at radius 3 is 3.08 bits per heavy atom. The van der Waals surface area contributed by atoms with Crippen LogP contribution in [-0.4, -0.2) is 58.1 Å². The molecule has 132 valence electrons. The molecule has 1 amide bonds. The Bertz CT molecular complexity index is 813. The van der Waals surface area contributed by atoms with E-state index in [0.29, 0.717) is 17.7 Å². The third kappa shape index (κ3) is 2.83. The van der Waals surface area contributed by atoms with Crippen LogP contribution >= 0.6 is 0 Å². The molecule has 3 fully saturated rings. The third-order valence-corrected chi connectivity index (χ3v) is 5.78. The van der Waals surface area contributed by atoms with Crippen LogP contribution in [0.3, 0.4) is 0 Å². The van der Waals surface area contributed by atoms with Crippen molar-refractivity contribution in [2.24, 2.45) is 5.92 Å². The number of rotatable bonds is 3. The van der Waals surface area contributed by atoms with E-state index in [1.165, 1.54) is 12.8 Å². The lowest BCUT2D eigenvalue weighted by Gasteiger charge is -2.35. The Labute approximate surface area is 147 Å². The van der Waals surface area contributed by atoms with Crippen molar-refractivity contribution in [3.05, 3.63) is 35.8 Å². The third-order valence-electron chi connectivity index (χ3n) is 5.78. The lowest BCUT2D eigenvalue weighted by atomic mass is 10.1. The van der Waals surface area contributed by atoms with Gasteiger partial charge in [0.05, 0.1) is 24.0 Å². The van der Waals surface area contributed by atoms with Gasteiger partial charge in [0.1, 0.15) is 5.65 Å². The number of amides is 1. The quantitative estimate of drug-likeness (QED) is 0.923. The van der Waals surface area contributed by atoms with Crippen LogP contribution in [0.1, 0.15) is 35.3 Å². The van der Waals surface area contributed by atoms with Crippen molar-refractivity contribution in [1.29, 1.82) is 0 Å². The summed E-state index contributed by atoms with van der Waals surface area (Å²) in [7, 11) is 0. The first-order valence-corrected chi connectivity index (χ1v) is 9.28. The molecule has 2 aromatic rings. The summed E-state index contributed by atoms with van der Waals surface area (Å²) in [5, 5.41) is 3.22. The number of imidazole rings is 1. The van der Waals surface area contributed by atoms with Crippen LogP contribution in [0.2, 0.25) is 0 Å². The Morgan fingerprint density at radius 1 is 1.36 bits per heavy atom. The maximum atomic E-state index is 12.8. The molecule has 0 bridgehead atoms. The molecule has 5 rings (SSSR count). The van der Waals surface area contributed by atoms with E-state index in [1.807, 2.05) is 35.9 Å². The largest absolute Gasteiger partial charge is 0.375 e. The minimum absolute atomic E-state index is 0.0271. The average molecular weight is 340 g/mol. The maximum absolute atomic E-state index is 12.8. The normalized spacial score (nSPS) is 29.7. The Kier molecular flexibility index (Phi) is 3.57. The zero-order valence-electron chi connectivity index (χ0n) is 14.5. The highest BCUT2D eigenvalue weighted by Gasteiger charge is 2.42. The van der Waals surface area contributed by atoms with Gasteiger partial charge in [0.25, 0.3) is 5.91 Å². The van der Waals surface area contributed by atoms with Crippen LogP contribution in [0, 0.1) is 12.8 Å². The molecule has 0 radical (unpaired) electrons. The SMILES string of the molecule is Cc1cn2cccc(C(=O)N[C@H]3C[C@H]4CO[C@H](C5CC5)CN4C3)c2n1. The number of hydrogen-bond donors (Lipinski definition) is 1. The van der Waals surface area contributed by atoms with Crippen molar-refractivity contribution in [2.75, 3.05) is 19.7 Å². The molecule has 2 aromatic heterocycles. The van der Waals surface area contributed by atoms with Crippen LogP contribution in [0.15, 0.2) is 24.5 Å². The Morgan fingerprint density at radius 2 is 2.24 bits per heavy atom. The number of hydrogen-bond acceptors (Lipinski definition) is 4. The molecular formula is C19H24N4O2. The smallest absolute Gasteiger partial charge is 0.255 e. The topological polar surface area (TPSA) is 58.9 Å². The summed E-state index contributed by atoms with van der Waals surface area (Å²) >= 11 is 0. The second-order valence-electron chi connectivity index (χ2n) is 7.76. The molecule has 1 N–H and O–H groups in total. The van der Waals surface area contributed by atoms with Crippen LogP contribution in [0.5, 0.6) is 0 Å². The summed E-state index contributed by atoms with van der Waals surface area (Å²) in [5.41, 5.74) is 2.29. The van der Waals surface area contributed by atoms with E-state index in [2.05, 4.69) is 15.2 Å². The van der Waals surface area contributed by atoms with Gasteiger partial charge < -0.3 is 14.5 Å². The van der Waals surface area contributed by atoms with Gasteiger partial charge in [-0.3, -0.25) is 9.69 Å². The maximum Gasteiger partial charge on any atom is 0.255 e. The first-order chi connectivity index (χ1) is 12.2. The molecule has 2 saturated heterocycles. The van der Waals surface area contributed by atoms with Gasteiger partial charge in [-0.1, -0.05) is 0 Å². The molecule has 6 heteroatoms. The number of carbonyl (C=O) groups excluding carboxylic acids is 1. The van der Waals surface area contributed by atoms with Crippen molar-refractivity contribution in [2.45, 2.75) is 44.4 Å². The van der Waals surface area contributed by atoms with Crippen molar-refractivity contribution in [3.63, 3.8) is 0 Å². The van der Waals surface area contributed by atoms with Crippen molar-refractivity contribution < 1.29 is 9.53 Å². The standard InChI is InChI=1S/C19H24N4O2/c1-12-8-22-6-2-3-16(18(22)20-12)19(24)21-14-7-15-11-25-17(13-4-5-13)10-23(15)9-14/h2-3,6,8,13-15,17H,4-5,7,9-11H2,1H3,(H,21,24)/t14-,15-,17-/m0/s1. The van der Waals surface area contributed by atoms with Gasteiger partial charge in [0, 0.05) is 37.6 Å². The highest BCUT2D eigenvalue weighted by Crippen LogP contribution is 2.37. The Hall–Kier alpha value is -1.92. The average Bonchev–Trinajstić information content (AvgIpc) is 3.25. The monoisotopic (exact) mass is 340 g/mol. The van der Waals surface area contributed by atoms with E-state index in [4.69, 9.17) is 4.74 Å². The van der Waals surface area contributed by atoms with Gasteiger partial charge in [-0.15, -0.1) is 0 Å². The number of morpholine rings is 1. The first kappa shape index (κ1) is 15.3. The summed E-state index contributed by atoms with van der Waals surface area (Å²) in [6.07, 6.45) is 7.88. The zero-order valence-corrected chi connectivity index (χ0v) is 14.5. The number of nitrogens with zero attached hydrogens (tertiary/aromatic N) is 3. The van der Waals surface area contributed by atoms with Crippen LogP contribution in [0.25, 0.3) is 5.65 Å². The van der Waals surface area contributed by atoms with Gasteiger partial charge in [-0.2, -0.15) is 0 Å². The number of carbonyl (C=O) groups is 1. The lowest BCUT2D eigenvalue weighted by molar-refractivity contribution is -0.0581. The summed E-state index contributed by atoms with van der Waals surface area (Å²) in [4.78, 5) is 19.8. The summed E-state index contributed by atoms with van der Waals surface area (Å²) < 4.78 is 7.96. The summed E-state index contributed by atoms with van der Waals surface area (Å²) in [5.74, 6) is 0.747. The summed E-state index contributed by atoms with van der Waals surface area (Å²) in [6.45, 7) is 4.71. The van der Waals surface area contributed by atoms with Crippen molar-refractivity contribution in [3.8, 4) is 0 Å². The minimum atomic E-state index is -0.0271. The number of pyridine rings is 1. The molecule has 0 unspecified atom stereocenters. The van der Waals surface area contributed by atoms with E-state index < -0.39 is 0 Å². The molecule has 1 saturated carbocycles. The molecule has 0 spiro atoms. The number of aryl methyl sites for hydroxylation is 1. The molecule has 3 atom stereocenters. The molecule has 1 aliphatic carbocycles. The second-order valence-corrected chi connectivity index (χ2v) is 7.76. The van der Waals surface area contributed by atoms with E-state index in [0.717, 1.165) is 43.4 Å². The van der Waals surface area contributed by atoms with Gasteiger partial charge in [0.15, 0.2) is 0 Å². The molecule has 4 heterocycles. The van der Waals surface area contributed by atoms with E-state index >= 15 is 0 Å². The fourth-order valence-corrected chi connectivity index (χ4v) is 4.33. The van der Waals surface area contributed by atoms with E-state index in [1.54, 1.807) is 0 Å². The number of fused-ring (bicyclic) bond motifs is 2. The van der Waals surface area contributed by atoms with Crippen molar-refractivity contribution in [1.82, 2.24) is 19.6 Å². The highest BCUT2D eigenvalue weighted by atomic mass is 16.5. The van der Waals surface area contributed by atoms with Gasteiger partial charge in [-0.25, -0.2) is 4.98 Å². The number of ether oxygens (including phenoxy) is 1. The lowest BCUT2D eigenvalue weighted by Crippen LogP contribution is -2.47. The first-order valence-electron chi connectivity index (χ1n) is 9.28. The van der Waals surface area contributed by atoms with Gasteiger partial charge in [-0.05, 0) is 44.2 Å². The fraction of sp³-hybridized carbons (Fsp3) is 0.579. The Balaban J connectivity index is 1.28. The van der Waals surface area contributed by atoms with Crippen LogP contribution in [-0.2, 0) is 4.74 Å². The number of nitrogens with one attached hydrogen (secondary N) is 1. The molecule has 3 aliphatic rings. The van der Waals surface area contributed by atoms with Crippen molar-refractivity contribution >= 4 is 11.6 Å². The van der Waals surface area contributed by atoms with E-state index in [-0.39, 0.29) is 11.9 Å². The molecule has 25 heavy (non-hydrogen) atoms. The fourth-order valence-electron chi connectivity index (χ4n) is 4.33. The zero-order chi connectivity index (χ0) is 17.0. The van der Waals surface area contributed by atoms with Crippen LogP contribution in [0.4, 0.5) is 0 Å². The van der Waals surface area contributed by atoms with Gasteiger partial charge >= 0.3 is 0 Å². The van der Waals surface area contributed by atoms with E-state index in [9.17, 15) is 4.79 Å². The number of aromatic nitrogens is 2. The minimum Gasteiger partial charge on any atom is -0.375 e.